The summed E-state index contributed by atoms with van der Waals surface area (Å²) >= 11 is 0. The van der Waals surface area contributed by atoms with Crippen LogP contribution in [0.4, 0.5) is 0 Å². The number of carboxylic acid groups (broad SMARTS) is 1. The molecule has 1 rings (SSSR count). The van der Waals surface area contributed by atoms with Crippen LogP contribution in [0.5, 0.6) is 0 Å². The largest absolute Gasteiger partial charge is 0.480 e. The fourth-order valence-corrected chi connectivity index (χ4v) is 1.47. The molecule has 0 saturated heterocycles. The first-order valence-corrected chi connectivity index (χ1v) is 4.78. The fourth-order valence-electron chi connectivity index (χ4n) is 1.47. The van der Waals surface area contributed by atoms with Crippen molar-refractivity contribution in [1.29, 1.82) is 0 Å². The summed E-state index contributed by atoms with van der Waals surface area (Å²) in [6.07, 6.45) is 0. The number of likely N-dealkylation sites (N-methyl/N-ethyl adjacent to an activating group) is 1. The van der Waals surface area contributed by atoms with Crippen molar-refractivity contribution in [2.45, 2.75) is 19.0 Å². The summed E-state index contributed by atoms with van der Waals surface area (Å²) in [5.74, 6) is -1.00. The van der Waals surface area contributed by atoms with E-state index >= 15 is 0 Å². The molecular weight excluding hydrogens is 192 g/mol. The van der Waals surface area contributed by atoms with Gasteiger partial charge in [0, 0.05) is 0 Å². The van der Waals surface area contributed by atoms with Crippen LogP contribution in [-0.4, -0.2) is 24.2 Å². The topological polar surface area (TPSA) is 75.3 Å². The van der Waals surface area contributed by atoms with Gasteiger partial charge in [0.2, 0.25) is 0 Å². The zero-order chi connectivity index (χ0) is 11.4. The van der Waals surface area contributed by atoms with Gasteiger partial charge < -0.3 is 16.2 Å². The van der Waals surface area contributed by atoms with E-state index in [0.29, 0.717) is 0 Å². The number of carboxylic acids is 1. The van der Waals surface area contributed by atoms with Crippen LogP contribution >= 0.6 is 0 Å². The summed E-state index contributed by atoms with van der Waals surface area (Å²) in [7, 11) is 1.70. The monoisotopic (exact) mass is 208 g/mol. The average molecular weight is 208 g/mol. The van der Waals surface area contributed by atoms with Crippen LogP contribution < -0.4 is 11.1 Å². The van der Waals surface area contributed by atoms with Gasteiger partial charge in [-0.3, -0.25) is 4.79 Å². The molecule has 2 unspecified atom stereocenters. The number of rotatable bonds is 4. The maximum absolute atomic E-state index is 10.8. The number of carbonyl (C=O) groups is 1. The molecule has 82 valence electrons. The van der Waals surface area contributed by atoms with Crippen molar-refractivity contribution >= 4 is 5.97 Å². The normalized spacial score (nSPS) is 14.6. The minimum atomic E-state index is -1.00. The standard InChI is InChI=1S/C11H16N2O2/c1-7-3-5-8(6-4-7)10(13-2)9(12)11(14)15/h3-6,9-10,13H,12H2,1-2H3,(H,14,15). The molecule has 2 atom stereocenters. The molecule has 1 aromatic rings. The van der Waals surface area contributed by atoms with Gasteiger partial charge in [0.25, 0.3) is 0 Å². The third-order valence-corrected chi connectivity index (χ3v) is 2.39. The lowest BCUT2D eigenvalue weighted by Gasteiger charge is -2.20. The summed E-state index contributed by atoms with van der Waals surface area (Å²) in [6.45, 7) is 1.98. The molecule has 0 fully saturated rings. The van der Waals surface area contributed by atoms with E-state index in [2.05, 4.69) is 5.32 Å². The zero-order valence-corrected chi connectivity index (χ0v) is 8.90. The number of nitrogens with one attached hydrogen (secondary N) is 1. The Bertz CT molecular complexity index is 335. The number of hydrogen-bond acceptors (Lipinski definition) is 3. The average Bonchev–Trinajstić information content (AvgIpc) is 2.21. The summed E-state index contributed by atoms with van der Waals surface area (Å²) < 4.78 is 0. The van der Waals surface area contributed by atoms with Crippen molar-refractivity contribution in [3.63, 3.8) is 0 Å². The molecule has 4 N–H and O–H groups in total. The van der Waals surface area contributed by atoms with E-state index in [0.717, 1.165) is 11.1 Å². The Balaban J connectivity index is 2.92. The van der Waals surface area contributed by atoms with Crippen molar-refractivity contribution in [2.24, 2.45) is 5.73 Å². The highest BCUT2D eigenvalue weighted by molar-refractivity contribution is 5.74. The van der Waals surface area contributed by atoms with Crippen LogP contribution in [0, 0.1) is 6.92 Å². The van der Waals surface area contributed by atoms with Gasteiger partial charge in [0.05, 0.1) is 6.04 Å². The van der Waals surface area contributed by atoms with Crippen molar-refractivity contribution in [3.05, 3.63) is 35.4 Å². The van der Waals surface area contributed by atoms with Gasteiger partial charge in [0.15, 0.2) is 0 Å². The first-order valence-electron chi connectivity index (χ1n) is 4.78. The van der Waals surface area contributed by atoms with Crippen LogP contribution in [0.1, 0.15) is 17.2 Å². The van der Waals surface area contributed by atoms with Gasteiger partial charge in [0.1, 0.15) is 6.04 Å². The van der Waals surface area contributed by atoms with E-state index < -0.39 is 12.0 Å². The van der Waals surface area contributed by atoms with Gasteiger partial charge in [-0.1, -0.05) is 29.8 Å². The smallest absolute Gasteiger partial charge is 0.322 e. The number of benzene rings is 1. The Kier molecular flexibility index (Phi) is 3.82. The van der Waals surface area contributed by atoms with E-state index in [1.165, 1.54) is 0 Å². The fraction of sp³-hybridized carbons (Fsp3) is 0.364. The number of aryl methyl sites for hydroxylation is 1. The molecule has 0 spiro atoms. The number of nitrogens with two attached hydrogens (primary N) is 1. The third-order valence-electron chi connectivity index (χ3n) is 2.39. The second-order valence-corrected chi connectivity index (χ2v) is 3.54. The Morgan fingerprint density at radius 1 is 1.40 bits per heavy atom. The van der Waals surface area contributed by atoms with Crippen LogP contribution in [0.15, 0.2) is 24.3 Å². The van der Waals surface area contributed by atoms with E-state index in [1.807, 2.05) is 31.2 Å². The number of hydrogen-bond donors (Lipinski definition) is 3. The lowest BCUT2D eigenvalue weighted by atomic mass is 9.99. The third kappa shape index (κ3) is 2.78. The molecule has 1 aromatic carbocycles. The van der Waals surface area contributed by atoms with Crippen LogP contribution in [-0.2, 0) is 4.79 Å². The predicted octanol–water partition coefficient (Wildman–Crippen LogP) is 0.667. The van der Waals surface area contributed by atoms with Crippen LogP contribution in [0.2, 0.25) is 0 Å². The summed E-state index contributed by atoms with van der Waals surface area (Å²) in [5.41, 5.74) is 7.60. The molecule has 15 heavy (non-hydrogen) atoms. The minimum Gasteiger partial charge on any atom is -0.480 e. The van der Waals surface area contributed by atoms with Crippen molar-refractivity contribution in [2.75, 3.05) is 7.05 Å². The van der Waals surface area contributed by atoms with Gasteiger partial charge in [-0.15, -0.1) is 0 Å². The highest BCUT2D eigenvalue weighted by Gasteiger charge is 2.23. The molecule has 4 heteroatoms. The molecule has 0 radical (unpaired) electrons. The Morgan fingerprint density at radius 3 is 2.33 bits per heavy atom. The molecule has 0 bridgehead atoms. The van der Waals surface area contributed by atoms with Gasteiger partial charge in [-0.25, -0.2) is 0 Å². The van der Waals surface area contributed by atoms with E-state index in [1.54, 1.807) is 7.05 Å². The van der Waals surface area contributed by atoms with Crippen molar-refractivity contribution in [1.82, 2.24) is 5.32 Å². The van der Waals surface area contributed by atoms with Crippen molar-refractivity contribution < 1.29 is 9.90 Å². The van der Waals surface area contributed by atoms with Crippen LogP contribution in [0.25, 0.3) is 0 Å². The quantitative estimate of drug-likeness (QED) is 0.679. The molecule has 0 saturated carbocycles. The second-order valence-electron chi connectivity index (χ2n) is 3.54. The molecule has 4 nitrogen and oxygen atoms in total. The van der Waals surface area contributed by atoms with Crippen molar-refractivity contribution in [3.8, 4) is 0 Å². The molecule has 0 aliphatic carbocycles. The Hall–Kier alpha value is -1.39. The molecule has 0 aromatic heterocycles. The SMILES string of the molecule is CNC(c1ccc(C)cc1)C(N)C(=O)O. The van der Waals surface area contributed by atoms with Crippen LogP contribution in [0.3, 0.4) is 0 Å². The maximum atomic E-state index is 10.8. The molecule has 0 aliphatic heterocycles. The lowest BCUT2D eigenvalue weighted by molar-refractivity contribution is -0.139. The van der Waals surface area contributed by atoms with E-state index in [4.69, 9.17) is 10.8 Å². The maximum Gasteiger partial charge on any atom is 0.322 e. The zero-order valence-electron chi connectivity index (χ0n) is 8.90. The molecule has 0 amide bonds. The van der Waals surface area contributed by atoms with Gasteiger partial charge >= 0.3 is 5.97 Å². The first kappa shape index (κ1) is 11.7. The molecule has 0 heterocycles. The second kappa shape index (κ2) is 4.91. The highest BCUT2D eigenvalue weighted by atomic mass is 16.4. The predicted molar refractivity (Wildman–Crippen MR) is 58.6 cm³/mol. The van der Waals surface area contributed by atoms with Gasteiger partial charge in [-0.2, -0.15) is 0 Å². The summed E-state index contributed by atoms with van der Waals surface area (Å²) in [6, 6.07) is 6.36. The summed E-state index contributed by atoms with van der Waals surface area (Å²) in [5, 5.41) is 11.7. The van der Waals surface area contributed by atoms with E-state index in [9.17, 15) is 4.79 Å². The Labute approximate surface area is 89.1 Å². The molecule has 0 aliphatic rings. The minimum absolute atomic E-state index is 0.358. The van der Waals surface area contributed by atoms with E-state index in [-0.39, 0.29) is 6.04 Å². The number of aliphatic carboxylic acids is 1. The molecular formula is C11H16N2O2. The Morgan fingerprint density at radius 2 is 1.93 bits per heavy atom. The lowest BCUT2D eigenvalue weighted by Crippen LogP contribution is -2.42. The summed E-state index contributed by atoms with van der Waals surface area (Å²) in [4.78, 5) is 10.8. The first-order chi connectivity index (χ1) is 7.06. The van der Waals surface area contributed by atoms with Gasteiger partial charge in [-0.05, 0) is 19.5 Å². The highest BCUT2D eigenvalue weighted by Crippen LogP contribution is 2.16.